The van der Waals surface area contributed by atoms with Crippen molar-refractivity contribution in [1.82, 2.24) is 9.80 Å². The molecular formula is C16H21ClN2O2. The zero-order valence-corrected chi connectivity index (χ0v) is 13.3. The zero-order valence-electron chi connectivity index (χ0n) is 12.5. The molecule has 1 aromatic carbocycles. The third-order valence-electron chi connectivity index (χ3n) is 4.07. The molecule has 0 aliphatic carbocycles. The maximum atomic E-state index is 12.3. The van der Waals surface area contributed by atoms with Gasteiger partial charge in [0.05, 0.1) is 6.54 Å². The Bertz CT molecular complexity index is 506. The number of benzene rings is 1. The summed E-state index contributed by atoms with van der Waals surface area (Å²) in [5.41, 5.74) is 1.13. The van der Waals surface area contributed by atoms with Crippen molar-refractivity contribution in [2.75, 3.05) is 26.7 Å². The van der Waals surface area contributed by atoms with Gasteiger partial charge >= 0.3 is 0 Å². The molecular weight excluding hydrogens is 288 g/mol. The number of carbonyl (C=O) groups is 2. The van der Waals surface area contributed by atoms with Crippen LogP contribution in [0.1, 0.15) is 31.4 Å². The van der Waals surface area contributed by atoms with Gasteiger partial charge < -0.3 is 4.90 Å². The molecule has 0 saturated carbocycles. The van der Waals surface area contributed by atoms with E-state index in [1.807, 2.05) is 36.2 Å². The molecule has 1 amide bonds. The van der Waals surface area contributed by atoms with E-state index >= 15 is 0 Å². The fraction of sp³-hybridized carbons (Fsp3) is 0.500. The van der Waals surface area contributed by atoms with E-state index in [9.17, 15) is 9.59 Å². The number of halogens is 1. The minimum absolute atomic E-state index is 0.0887. The lowest BCUT2D eigenvalue weighted by Crippen LogP contribution is -2.43. The van der Waals surface area contributed by atoms with E-state index in [2.05, 4.69) is 6.92 Å². The monoisotopic (exact) mass is 308 g/mol. The molecule has 114 valence electrons. The topological polar surface area (TPSA) is 40.6 Å². The molecule has 1 unspecified atom stereocenters. The largest absolute Gasteiger partial charge is 0.341 e. The summed E-state index contributed by atoms with van der Waals surface area (Å²) in [6.45, 7) is 3.54. The summed E-state index contributed by atoms with van der Waals surface area (Å²) < 4.78 is 0. The number of ketones is 1. The second-order valence-electron chi connectivity index (χ2n) is 5.56. The molecule has 21 heavy (non-hydrogen) atoms. The van der Waals surface area contributed by atoms with Crippen molar-refractivity contribution in [3.05, 3.63) is 34.9 Å². The van der Waals surface area contributed by atoms with Crippen molar-refractivity contribution in [3.8, 4) is 0 Å². The maximum Gasteiger partial charge on any atom is 0.236 e. The first-order valence-corrected chi connectivity index (χ1v) is 7.60. The van der Waals surface area contributed by atoms with Crippen molar-refractivity contribution in [2.45, 2.75) is 25.8 Å². The Morgan fingerprint density at radius 1 is 1.29 bits per heavy atom. The van der Waals surface area contributed by atoms with Crippen LogP contribution in [0.25, 0.3) is 0 Å². The second kappa shape index (κ2) is 7.05. The number of amides is 1. The van der Waals surface area contributed by atoms with E-state index in [4.69, 9.17) is 11.6 Å². The highest BCUT2D eigenvalue weighted by molar-refractivity contribution is 6.30. The van der Waals surface area contributed by atoms with Crippen LogP contribution in [0, 0.1) is 0 Å². The fourth-order valence-electron chi connectivity index (χ4n) is 2.45. The molecule has 5 heteroatoms. The van der Waals surface area contributed by atoms with Crippen LogP contribution < -0.4 is 0 Å². The lowest BCUT2D eigenvalue weighted by Gasteiger charge is -2.30. The highest BCUT2D eigenvalue weighted by atomic mass is 35.5. The first kappa shape index (κ1) is 16.0. The summed E-state index contributed by atoms with van der Waals surface area (Å²) in [6, 6.07) is 7.82. The standard InChI is InChI=1S/C16H21ClN2O2/c1-12(13-3-5-14(17)6-4-13)18(2)11-16(21)19-9-7-15(20)8-10-19/h3-6,12H,7-11H2,1-2H3. The predicted molar refractivity (Wildman–Crippen MR) is 83.3 cm³/mol. The van der Waals surface area contributed by atoms with Crippen LogP contribution in [-0.4, -0.2) is 48.2 Å². The Kier molecular flexibility index (Phi) is 5.37. The van der Waals surface area contributed by atoms with E-state index in [-0.39, 0.29) is 17.7 Å². The van der Waals surface area contributed by atoms with Crippen LogP contribution in [0.15, 0.2) is 24.3 Å². The van der Waals surface area contributed by atoms with Crippen LogP contribution in [-0.2, 0) is 9.59 Å². The predicted octanol–water partition coefficient (Wildman–Crippen LogP) is 2.52. The molecule has 1 heterocycles. The van der Waals surface area contributed by atoms with Crippen molar-refractivity contribution in [3.63, 3.8) is 0 Å². The van der Waals surface area contributed by atoms with Gasteiger partial charge in [-0.3, -0.25) is 14.5 Å². The summed E-state index contributed by atoms with van der Waals surface area (Å²) in [6.07, 6.45) is 0.977. The summed E-state index contributed by atoms with van der Waals surface area (Å²) >= 11 is 5.89. The third-order valence-corrected chi connectivity index (χ3v) is 4.32. The van der Waals surface area contributed by atoms with Gasteiger partial charge in [0.25, 0.3) is 0 Å². The number of hydrogen-bond donors (Lipinski definition) is 0. The minimum Gasteiger partial charge on any atom is -0.341 e. The van der Waals surface area contributed by atoms with Crippen LogP contribution in [0.4, 0.5) is 0 Å². The average Bonchev–Trinajstić information content (AvgIpc) is 2.47. The van der Waals surface area contributed by atoms with Crippen LogP contribution in [0.3, 0.4) is 0 Å². The van der Waals surface area contributed by atoms with Gasteiger partial charge in [-0.05, 0) is 31.7 Å². The lowest BCUT2D eigenvalue weighted by atomic mass is 10.1. The molecule has 1 fully saturated rings. The van der Waals surface area contributed by atoms with Gasteiger partial charge in [0.2, 0.25) is 5.91 Å². The molecule has 1 aromatic rings. The average molecular weight is 309 g/mol. The van der Waals surface area contributed by atoms with Gasteiger partial charge in [-0.1, -0.05) is 23.7 Å². The third kappa shape index (κ3) is 4.29. The maximum absolute atomic E-state index is 12.3. The summed E-state index contributed by atoms with van der Waals surface area (Å²) in [5.74, 6) is 0.341. The first-order valence-electron chi connectivity index (χ1n) is 7.22. The fourth-order valence-corrected chi connectivity index (χ4v) is 2.58. The summed E-state index contributed by atoms with van der Waals surface area (Å²) in [5, 5.41) is 0.711. The molecule has 0 bridgehead atoms. The van der Waals surface area contributed by atoms with Gasteiger partial charge in [-0.25, -0.2) is 0 Å². The molecule has 1 aliphatic rings. The van der Waals surface area contributed by atoms with Crippen molar-refractivity contribution in [1.29, 1.82) is 0 Å². The molecule has 0 radical (unpaired) electrons. The Hall–Kier alpha value is -1.39. The van der Waals surface area contributed by atoms with Gasteiger partial charge in [0.15, 0.2) is 0 Å². The minimum atomic E-state index is 0.0887. The summed E-state index contributed by atoms with van der Waals surface area (Å²) in [7, 11) is 1.94. The SMILES string of the molecule is CC(c1ccc(Cl)cc1)N(C)CC(=O)N1CCC(=O)CC1. The first-order chi connectivity index (χ1) is 9.97. The quantitative estimate of drug-likeness (QED) is 0.858. The van der Waals surface area contributed by atoms with Crippen molar-refractivity contribution >= 4 is 23.3 Å². The van der Waals surface area contributed by atoms with Gasteiger partial charge in [-0.15, -0.1) is 0 Å². The molecule has 1 saturated heterocycles. The summed E-state index contributed by atoms with van der Waals surface area (Å²) in [4.78, 5) is 27.3. The number of likely N-dealkylation sites (tertiary alicyclic amines) is 1. The smallest absolute Gasteiger partial charge is 0.236 e. The molecule has 0 spiro atoms. The van der Waals surface area contributed by atoms with Crippen molar-refractivity contribution in [2.24, 2.45) is 0 Å². The van der Waals surface area contributed by atoms with Crippen LogP contribution >= 0.6 is 11.6 Å². The van der Waals surface area contributed by atoms with Gasteiger partial charge in [0, 0.05) is 37.0 Å². The molecule has 0 N–H and O–H groups in total. The Morgan fingerprint density at radius 2 is 1.86 bits per heavy atom. The Labute approximate surface area is 130 Å². The second-order valence-corrected chi connectivity index (χ2v) is 6.00. The van der Waals surface area contributed by atoms with E-state index < -0.39 is 0 Å². The number of rotatable bonds is 4. The molecule has 1 aliphatic heterocycles. The van der Waals surface area contributed by atoms with E-state index in [0.29, 0.717) is 37.5 Å². The van der Waals surface area contributed by atoms with Crippen LogP contribution in [0.2, 0.25) is 5.02 Å². The molecule has 2 rings (SSSR count). The molecule has 1 atom stereocenters. The highest BCUT2D eigenvalue weighted by Crippen LogP contribution is 2.21. The normalized spacial score (nSPS) is 17.1. The van der Waals surface area contributed by atoms with E-state index in [1.165, 1.54) is 0 Å². The zero-order chi connectivity index (χ0) is 15.4. The Morgan fingerprint density at radius 3 is 2.43 bits per heavy atom. The number of hydrogen-bond acceptors (Lipinski definition) is 3. The molecule has 0 aromatic heterocycles. The lowest BCUT2D eigenvalue weighted by molar-refractivity contribution is -0.135. The highest BCUT2D eigenvalue weighted by Gasteiger charge is 2.23. The van der Waals surface area contributed by atoms with Gasteiger partial charge in [-0.2, -0.15) is 0 Å². The van der Waals surface area contributed by atoms with Crippen LogP contribution in [0.5, 0.6) is 0 Å². The molecule has 4 nitrogen and oxygen atoms in total. The van der Waals surface area contributed by atoms with E-state index in [0.717, 1.165) is 5.56 Å². The number of nitrogens with zero attached hydrogens (tertiary/aromatic N) is 2. The number of Topliss-reactive ketones (excluding diaryl/α,β-unsaturated/α-hetero) is 1. The van der Waals surface area contributed by atoms with E-state index in [1.54, 1.807) is 4.90 Å². The number of likely N-dealkylation sites (N-methyl/N-ethyl adjacent to an activating group) is 1. The number of carbonyl (C=O) groups excluding carboxylic acids is 2. The Balaban J connectivity index is 1.91. The van der Waals surface area contributed by atoms with Crippen molar-refractivity contribution < 1.29 is 9.59 Å². The number of piperidine rings is 1. The van der Waals surface area contributed by atoms with Gasteiger partial charge in [0.1, 0.15) is 5.78 Å².